The van der Waals surface area contributed by atoms with Crippen LogP contribution < -0.4 is 15.2 Å². The molecule has 2 N–H and O–H groups in total. The maximum atomic E-state index is 11.9. The van der Waals surface area contributed by atoms with Crippen LogP contribution in [-0.4, -0.2) is 68.4 Å². The first-order chi connectivity index (χ1) is 12.1. The number of hydrogen-bond acceptors (Lipinski definition) is 6. The summed E-state index contributed by atoms with van der Waals surface area (Å²) < 4.78 is 16.0. The number of hydrogen-bond donors (Lipinski definition) is 1. The van der Waals surface area contributed by atoms with E-state index >= 15 is 0 Å². The molecule has 0 radical (unpaired) electrons. The highest BCUT2D eigenvalue weighted by Gasteiger charge is 2.43. The van der Waals surface area contributed by atoms with Crippen molar-refractivity contribution in [1.29, 1.82) is 0 Å². The van der Waals surface area contributed by atoms with Crippen LogP contribution in [0.2, 0.25) is 0 Å². The number of nitrogens with two attached hydrogens (primary N) is 1. The van der Waals surface area contributed by atoms with Crippen LogP contribution >= 0.6 is 0 Å². The summed E-state index contributed by atoms with van der Waals surface area (Å²) in [4.78, 5) is 16.2. The Morgan fingerprint density at radius 3 is 2.64 bits per heavy atom. The minimum Gasteiger partial charge on any atom is -0.493 e. The summed E-state index contributed by atoms with van der Waals surface area (Å²) in [5.41, 5.74) is 9.04. The Morgan fingerprint density at radius 1 is 1.20 bits per heavy atom. The molecule has 0 aromatic heterocycles. The summed E-state index contributed by atoms with van der Waals surface area (Å²) in [5.74, 6) is 1.52. The number of ether oxygens (including phenoxy) is 3. The molecule has 2 saturated heterocycles. The molecule has 3 heterocycles. The average Bonchev–Trinajstić information content (AvgIpc) is 3.05. The van der Waals surface area contributed by atoms with E-state index in [0.29, 0.717) is 13.2 Å². The van der Waals surface area contributed by atoms with Crippen LogP contribution in [0.3, 0.4) is 0 Å². The summed E-state index contributed by atoms with van der Waals surface area (Å²) in [6.07, 6.45) is 1.54. The largest absolute Gasteiger partial charge is 0.493 e. The number of methoxy groups -OCH3 is 2. The number of carbonyl (C=O) groups excluding carboxylic acids is 1. The van der Waals surface area contributed by atoms with Crippen LogP contribution in [-0.2, 0) is 11.2 Å². The van der Waals surface area contributed by atoms with Crippen molar-refractivity contribution < 1.29 is 19.0 Å². The molecule has 3 aliphatic rings. The normalized spacial score (nSPS) is 29.0. The Hall–Kier alpha value is -1.99. The van der Waals surface area contributed by atoms with Crippen molar-refractivity contribution in [2.24, 2.45) is 5.73 Å². The fourth-order valence-corrected chi connectivity index (χ4v) is 4.40. The molecule has 25 heavy (non-hydrogen) atoms. The molecule has 7 nitrogen and oxygen atoms in total. The van der Waals surface area contributed by atoms with Crippen molar-refractivity contribution in [2.75, 3.05) is 40.5 Å². The first kappa shape index (κ1) is 16.5. The molecule has 1 aromatic carbocycles. The van der Waals surface area contributed by atoms with Gasteiger partial charge in [0.2, 0.25) is 0 Å². The second-order valence-electron chi connectivity index (χ2n) is 6.94. The molecule has 4 rings (SSSR count). The zero-order chi connectivity index (χ0) is 17.6. The Kier molecular flexibility index (Phi) is 4.21. The SMILES string of the molecule is COc1cc2c(cc1OC)C1CC(N)C(N3CCOC3=O)CN1CC2. The molecular formula is C18H25N3O4. The maximum Gasteiger partial charge on any atom is 0.410 e. The minimum absolute atomic E-state index is 0.0212. The van der Waals surface area contributed by atoms with Gasteiger partial charge in [-0.15, -0.1) is 0 Å². The van der Waals surface area contributed by atoms with Crippen LogP contribution in [0.25, 0.3) is 0 Å². The highest BCUT2D eigenvalue weighted by Crippen LogP contribution is 2.42. The number of carbonyl (C=O) groups is 1. The first-order valence-electron chi connectivity index (χ1n) is 8.80. The third-order valence-electron chi connectivity index (χ3n) is 5.72. The molecule has 1 amide bonds. The van der Waals surface area contributed by atoms with Gasteiger partial charge in [-0.25, -0.2) is 4.79 Å². The number of nitrogens with zero attached hydrogens (tertiary/aromatic N) is 2. The monoisotopic (exact) mass is 347 g/mol. The second-order valence-corrected chi connectivity index (χ2v) is 6.94. The van der Waals surface area contributed by atoms with Gasteiger partial charge in [-0.05, 0) is 36.1 Å². The highest BCUT2D eigenvalue weighted by molar-refractivity contribution is 5.70. The molecule has 3 aliphatic heterocycles. The van der Waals surface area contributed by atoms with E-state index in [9.17, 15) is 4.79 Å². The second kappa shape index (κ2) is 6.38. The predicted octanol–water partition coefficient (Wildman–Crippen LogP) is 1.15. The zero-order valence-electron chi connectivity index (χ0n) is 14.7. The fourth-order valence-electron chi connectivity index (χ4n) is 4.40. The standard InChI is InChI=1S/C18H25N3O4/c1-23-16-7-11-3-4-20-10-15(21-5-6-25-18(21)22)13(19)9-14(20)12(11)8-17(16)24-2/h7-8,13-15H,3-6,9-10,19H2,1-2H3. The van der Waals surface area contributed by atoms with E-state index in [1.165, 1.54) is 11.1 Å². The Bertz CT molecular complexity index is 681. The van der Waals surface area contributed by atoms with Crippen LogP contribution in [0.1, 0.15) is 23.6 Å². The molecule has 0 spiro atoms. The van der Waals surface area contributed by atoms with E-state index in [4.69, 9.17) is 19.9 Å². The predicted molar refractivity (Wildman–Crippen MR) is 92.0 cm³/mol. The molecule has 2 fully saturated rings. The van der Waals surface area contributed by atoms with E-state index in [1.54, 1.807) is 19.1 Å². The third-order valence-corrected chi connectivity index (χ3v) is 5.72. The van der Waals surface area contributed by atoms with E-state index in [1.807, 2.05) is 0 Å². The number of amides is 1. The molecule has 136 valence electrons. The van der Waals surface area contributed by atoms with Crippen LogP contribution in [0.5, 0.6) is 11.5 Å². The number of fused-ring (bicyclic) bond motifs is 3. The third kappa shape index (κ3) is 2.71. The van der Waals surface area contributed by atoms with Crippen molar-refractivity contribution in [2.45, 2.75) is 31.0 Å². The Balaban J connectivity index is 1.61. The van der Waals surface area contributed by atoms with Gasteiger partial charge in [-0.3, -0.25) is 9.80 Å². The molecule has 0 saturated carbocycles. The quantitative estimate of drug-likeness (QED) is 0.884. The minimum atomic E-state index is -0.234. The van der Waals surface area contributed by atoms with Gasteiger partial charge in [0.15, 0.2) is 11.5 Å². The lowest BCUT2D eigenvalue weighted by Gasteiger charge is -2.48. The van der Waals surface area contributed by atoms with E-state index < -0.39 is 0 Å². The first-order valence-corrected chi connectivity index (χ1v) is 8.80. The fraction of sp³-hybridized carbons (Fsp3) is 0.611. The van der Waals surface area contributed by atoms with Gasteiger partial charge in [-0.2, -0.15) is 0 Å². The maximum absolute atomic E-state index is 11.9. The van der Waals surface area contributed by atoms with Crippen LogP contribution in [0.4, 0.5) is 4.79 Å². The summed E-state index contributed by atoms with van der Waals surface area (Å²) >= 11 is 0. The smallest absolute Gasteiger partial charge is 0.410 e. The summed E-state index contributed by atoms with van der Waals surface area (Å²) in [6, 6.07) is 4.38. The van der Waals surface area contributed by atoms with Crippen molar-refractivity contribution in [1.82, 2.24) is 9.80 Å². The number of rotatable bonds is 3. The van der Waals surface area contributed by atoms with Gasteiger partial charge in [-0.1, -0.05) is 0 Å². The average molecular weight is 347 g/mol. The molecule has 3 atom stereocenters. The number of benzene rings is 1. The lowest BCUT2D eigenvalue weighted by Crippen LogP contribution is -2.60. The van der Waals surface area contributed by atoms with Crippen molar-refractivity contribution in [3.05, 3.63) is 23.3 Å². The van der Waals surface area contributed by atoms with E-state index in [2.05, 4.69) is 17.0 Å². The summed E-state index contributed by atoms with van der Waals surface area (Å²) in [7, 11) is 3.32. The molecule has 0 bridgehead atoms. The lowest BCUT2D eigenvalue weighted by atomic mass is 9.83. The van der Waals surface area contributed by atoms with Gasteiger partial charge >= 0.3 is 6.09 Å². The topological polar surface area (TPSA) is 77.3 Å². The van der Waals surface area contributed by atoms with Gasteiger partial charge in [0.1, 0.15) is 6.61 Å². The van der Waals surface area contributed by atoms with Crippen molar-refractivity contribution in [3.8, 4) is 11.5 Å². The van der Waals surface area contributed by atoms with Crippen molar-refractivity contribution >= 4 is 6.09 Å². The van der Waals surface area contributed by atoms with E-state index in [0.717, 1.165) is 37.4 Å². The van der Waals surface area contributed by atoms with E-state index in [-0.39, 0.29) is 24.2 Å². The molecule has 3 unspecified atom stereocenters. The van der Waals surface area contributed by atoms with Gasteiger partial charge in [0.05, 0.1) is 26.8 Å². The van der Waals surface area contributed by atoms with Gasteiger partial charge in [0, 0.05) is 25.2 Å². The summed E-state index contributed by atoms with van der Waals surface area (Å²) in [5, 5.41) is 0. The lowest BCUT2D eigenvalue weighted by molar-refractivity contribution is 0.0567. The molecular weight excluding hydrogens is 322 g/mol. The number of piperidine rings is 1. The van der Waals surface area contributed by atoms with Crippen LogP contribution in [0.15, 0.2) is 12.1 Å². The Morgan fingerprint density at radius 2 is 1.96 bits per heavy atom. The van der Waals surface area contributed by atoms with Gasteiger partial charge in [0.25, 0.3) is 0 Å². The molecule has 1 aromatic rings. The van der Waals surface area contributed by atoms with Gasteiger partial charge < -0.3 is 19.9 Å². The molecule has 7 heteroatoms. The zero-order valence-corrected chi connectivity index (χ0v) is 14.7. The number of cyclic esters (lactones) is 1. The van der Waals surface area contributed by atoms with Crippen molar-refractivity contribution in [3.63, 3.8) is 0 Å². The summed E-state index contributed by atoms with van der Waals surface area (Å²) in [6.45, 7) is 2.84. The Labute approximate surface area is 147 Å². The highest BCUT2D eigenvalue weighted by atomic mass is 16.6. The molecule has 0 aliphatic carbocycles. The van der Waals surface area contributed by atoms with Crippen LogP contribution in [0, 0.1) is 0 Å².